The van der Waals surface area contributed by atoms with Gasteiger partial charge < -0.3 is 4.74 Å². The highest BCUT2D eigenvalue weighted by Crippen LogP contribution is 2.39. The maximum atomic E-state index is 13.7. The van der Waals surface area contributed by atoms with Crippen LogP contribution in [0.5, 0.6) is 0 Å². The molecule has 0 aromatic heterocycles. The number of carbonyl (C=O) groups is 1. The second-order valence-electron chi connectivity index (χ2n) is 5.28. The fraction of sp³-hybridized carbons (Fsp3) is 0.533. The first kappa shape index (κ1) is 15.8. The zero-order chi connectivity index (χ0) is 15.6. The van der Waals surface area contributed by atoms with Gasteiger partial charge in [0.15, 0.2) is 0 Å². The van der Waals surface area contributed by atoms with E-state index in [-0.39, 0.29) is 11.5 Å². The molecule has 0 aliphatic heterocycles. The Morgan fingerprint density at radius 3 is 2.38 bits per heavy atom. The SMILES string of the molecule is COC(=O)C(c1ccc(C(F)(F)F)c(F)c1)C1CCCC1. The van der Waals surface area contributed by atoms with Gasteiger partial charge in [0.25, 0.3) is 0 Å². The summed E-state index contributed by atoms with van der Waals surface area (Å²) >= 11 is 0. The van der Waals surface area contributed by atoms with Gasteiger partial charge in [0.05, 0.1) is 18.6 Å². The minimum Gasteiger partial charge on any atom is -0.469 e. The Kier molecular flexibility index (Phi) is 4.54. The van der Waals surface area contributed by atoms with Crippen LogP contribution in [0.2, 0.25) is 0 Å². The summed E-state index contributed by atoms with van der Waals surface area (Å²) in [5.41, 5.74) is -1.07. The van der Waals surface area contributed by atoms with E-state index in [0.717, 1.165) is 31.7 Å². The van der Waals surface area contributed by atoms with Crippen LogP contribution in [-0.4, -0.2) is 13.1 Å². The van der Waals surface area contributed by atoms with Crippen molar-refractivity contribution in [2.45, 2.75) is 37.8 Å². The number of benzene rings is 1. The molecule has 6 heteroatoms. The molecule has 0 bridgehead atoms. The van der Waals surface area contributed by atoms with Crippen LogP contribution in [0.1, 0.15) is 42.7 Å². The van der Waals surface area contributed by atoms with E-state index in [1.54, 1.807) is 0 Å². The van der Waals surface area contributed by atoms with Crippen molar-refractivity contribution < 1.29 is 27.1 Å². The van der Waals surface area contributed by atoms with E-state index in [1.807, 2.05) is 0 Å². The lowest BCUT2D eigenvalue weighted by Gasteiger charge is -2.22. The van der Waals surface area contributed by atoms with Gasteiger partial charge in [-0.1, -0.05) is 18.9 Å². The molecule has 1 atom stereocenters. The van der Waals surface area contributed by atoms with Crippen LogP contribution in [0, 0.1) is 11.7 Å². The predicted molar refractivity (Wildman–Crippen MR) is 68.1 cm³/mol. The molecule has 1 fully saturated rings. The van der Waals surface area contributed by atoms with Crippen molar-refractivity contribution in [3.05, 3.63) is 35.1 Å². The molecule has 0 radical (unpaired) electrons. The van der Waals surface area contributed by atoms with Gasteiger partial charge in [0, 0.05) is 0 Å². The Morgan fingerprint density at radius 2 is 1.90 bits per heavy atom. The van der Waals surface area contributed by atoms with E-state index in [2.05, 4.69) is 0 Å². The highest BCUT2D eigenvalue weighted by molar-refractivity contribution is 5.78. The molecule has 21 heavy (non-hydrogen) atoms. The molecule has 2 rings (SSSR count). The summed E-state index contributed by atoms with van der Waals surface area (Å²) in [7, 11) is 1.23. The fourth-order valence-corrected chi connectivity index (χ4v) is 2.97. The standard InChI is InChI=1S/C15H16F4O2/c1-21-14(20)13(9-4-2-3-5-9)10-6-7-11(12(16)8-10)15(17,18)19/h6-9,13H,2-5H2,1H3. The van der Waals surface area contributed by atoms with Crippen molar-refractivity contribution in [3.8, 4) is 0 Å². The number of rotatable bonds is 3. The molecule has 1 aromatic carbocycles. The van der Waals surface area contributed by atoms with E-state index >= 15 is 0 Å². The summed E-state index contributed by atoms with van der Waals surface area (Å²) in [5, 5.41) is 0. The molecule has 1 aliphatic carbocycles. The first-order chi connectivity index (χ1) is 9.84. The molecule has 1 aliphatic rings. The molecule has 1 saturated carbocycles. The number of methoxy groups -OCH3 is 1. The van der Waals surface area contributed by atoms with Gasteiger partial charge in [-0.15, -0.1) is 0 Å². The number of halogens is 4. The third-order valence-corrected chi connectivity index (χ3v) is 3.98. The van der Waals surface area contributed by atoms with Gasteiger partial charge in [0.2, 0.25) is 0 Å². The average molecular weight is 304 g/mol. The molecule has 1 unspecified atom stereocenters. The predicted octanol–water partition coefficient (Wildman–Crippen LogP) is 4.29. The zero-order valence-electron chi connectivity index (χ0n) is 11.5. The quantitative estimate of drug-likeness (QED) is 0.615. The maximum Gasteiger partial charge on any atom is 0.419 e. The zero-order valence-corrected chi connectivity index (χ0v) is 11.5. The van der Waals surface area contributed by atoms with Crippen molar-refractivity contribution in [2.75, 3.05) is 7.11 Å². The van der Waals surface area contributed by atoms with Gasteiger partial charge in [-0.05, 0) is 36.5 Å². The molecule has 1 aromatic rings. The largest absolute Gasteiger partial charge is 0.469 e. The Bertz CT molecular complexity index is 519. The van der Waals surface area contributed by atoms with Gasteiger partial charge in [0.1, 0.15) is 5.82 Å². The summed E-state index contributed by atoms with van der Waals surface area (Å²) in [5.74, 6) is -2.59. The molecule has 116 valence electrons. The molecular formula is C15H16F4O2. The Morgan fingerprint density at radius 1 is 1.29 bits per heavy atom. The second kappa shape index (κ2) is 6.03. The van der Waals surface area contributed by atoms with Crippen LogP contribution in [-0.2, 0) is 15.7 Å². The second-order valence-corrected chi connectivity index (χ2v) is 5.28. The molecule has 0 N–H and O–H groups in total. The van der Waals surface area contributed by atoms with Crippen molar-refractivity contribution >= 4 is 5.97 Å². The molecule has 0 saturated heterocycles. The Balaban J connectivity index is 2.36. The number of hydrogen-bond donors (Lipinski definition) is 0. The topological polar surface area (TPSA) is 26.3 Å². The number of ether oxygens (including phenoxy) is 1. The molecular weight excluding hydrogens is 288 g/mol. The first-order valence-electron chi connectivity index (χ1n) is 6.79. The van der Waals surface area contributed by atoms with Gasteiger partial charge in [-0.25, -0.2) is 4.39 Å². The summed E-state index contributed by atoms with van der Waals surface area (Å²) in [4.78, 5) is 11.9. The first-order valence-corrected chi connectivity index (χ1v) is 6.79. The lowest BCUT2D eigenvalue weighted by molar-refractivity contribution is -0.143. The smallest absolute Gasteiger partial charge is 0.419 e. The van der Waals surface area contributed by atoms with E-state index in [4.69, 9.17) is 4.74 Å². The maximum absolute atomic E-state index is 13.7. The average Bonchev–Trinajstić information content (AvgIpc) is 2.91. The van der Waals surface area contributed by atoms with Gasteiger partial charge in [-0.3, -0.25) is 4.79 Å². The third kappa shape index (κ3) is 3.36. The van der Waals surface area contributed by atoms with Crippen molar-refractivity contribution in [2.24, 2.45) is 5.92 Å². The third-order valence-electron chi connectivity index (χ3n) is 3.98. The van der Waals surface area contributed by atoms with Crippen LogP contribution in [0.3, 0.4) is 0 Å². The van der Waals surface area contributed by atoms with E-state index < -0.39 is 29.4 Å². The van der Waals surface area contributed by atoms with Crippen LogP contribution < -0.4 is 0 Å². The lowest BCUT2D eigenvalue weighted by atomic mass is 9.84. The van der Waals surface area contributed by atoms with E-state index in [0.29, 0.717) is 6.07 Å². The van der Waals surface area contributed by atoms with Crippen LogP contribution in [0.25, 0.3) is 0 Å². The molecule has 0 amide bonds. The summed E-state index contributed by atoms with van der Waals surface area (Å²) in [6, 6.07) is 2.67. The normalized spacial score (nSPS) is 17.8. The number of esters is 1. The number of hydrogen-bond acceptors (Lipinski definition) is 2. The highest BCUT2D eigenvalue weighted by atomic mass is 19.4. The number of carbonyl (C=O) groups excluding carboxylic acids is 1. The van der Waals surface area contributed by atoms with Gasteiger partial charge in [-0.2, -0.15) is 13.2 Å². The van der Waals surface area contributed by atoms with Crippen molar-refractivity contribution in [3.63, 3.8) is 0 Å². The molecule has 0 heterocycles. The fourth-order valence-electron chi connectivity index (χ4n) is 2.97. The Hall–Kier alpha value is -1.59. The summed E-state index contributed by atoms with van der Waals surface area (Å²) in [6.45, 7) is 0. The highest BCUT2D eigenvalue weighted by Gasteiger charge is 2.37. The summed E-state index contributed by atoms with van der Waals surface area (Å²) in [6.07, 6.45) is -1.23. The van der Waals surface area contributed by atoms with Crippen LogP contribution in [0.15, 0.2) is 18.2 Å². The lowest BCUT2D eigenvalue weighted by Crippen LogP contribution is -2.22. The Labute approximate surface area is 120 Å². The van der Waals surface area contributed by atoms with Gasteiger partial charge >= 0.3 is 12.1 Å². The minimum absolute atomic E-state index is 0.00594. The molecule has 2 nitrogen and oxygen atoms in total. The summed E-state index contributed by atoms with van der Waals surface area (Å²) < 4.78 is 56.1. The molecule has 0 spiro atoms. The van der Waals surface area contributed by atoms with Crippen molar-refractivity contribution in [1.82, 2.24) is 0 Å². The van der Waals surface area contributed by atoms with E-state index in [9.17, 15) is 22.4 Å². The van der Waals surface area contributed by atoms with Crippen LogP contribution in [0.4, 0.5) is 17.6 Å². The minimum atomic E-state index is -4.74. The van der Waals surface area contributed by atoms with Crippen LogP contribution >= 0.6 is 0 Å². The monoisotopic (exact) mass is 304 g/mol. The van der Waals surface area contributed by atoms with E-state index in [1.165, 1.54) is 13.2 Å². The van der Waals surface area contributed by atoms with Crippen molar-refractivity contribution in [1.29, 1.82) is 0 Å². The number of alkyl halides is 3.